The van der Waals surface area contributed by atoms with Crippen molar-refractivity contribution in [2.24, 2.45) is 11.8 Å². The highest BCUT2D eigenvalue weighted by atomic mass is 32.2. The average molecular weight is 531 g/mol. The highest BCUT2D eigenvalue weighted by Gasteiger charge is 2.29. The highest BCUT2D eigenvalue weighted by molar-refractivity contribution is 8.00. The third kappa shape index (κ3) is 6.50. The molecule has 0 N–H and O–H groups in total. The fourth-order valence-electron chi connectivity index (χ4n) is 9.00. The first-order chi connectivity index (χ1) is 18.7. The number of thioether (sulfide) groups is 1. The molecule has 0 bridgehead atoms. The molecule has 1 aromatic carbocycles. The minimum absolute atomic E-state index is 0.634. The van der Waals surface area contributed by atoms with E-state index in [0.29, 0.717) is 5.25 Å². The first-order valence-electron chi connectivity index (χ1n) is 17.0. The second-order valence-electron chi connectivity index (χ2n) is 13.8. The fraction of sp³-hybridized carbons (Fsp3) is 0.730. The van der Waals surface area contributed by atoms with Gasteiger partial charge in [0.25, 0.3) is 0 Å². The van der Waals surface area contributed by atoms with Gasteiger partial charge in [0.15, 0.2) is 0 Å². The lowest BCUT2D eigenvalue weighted by Crippen LogP contribution is -2.19. The van der Waals surface area contributed by atoms with Crippen molar-refractivity contribution in [3.8, 4) is 0 Å². The van der Waals surface area contributed by atoms with Crippen LogP contribution in [0.25, 0.3) is 0 Å². The molecule has 0 aliphatic heterocycles. The van der Waals surface area contributed by atoms with E-state index >= 15 is 0 Å². The zero-order chi connectivity index (χ0) is 25.7. The summed E-state index contributed by atoms with van der Waals surface area (Å²) in [5.41, 5.74) is 8.73. The van der Waals surface area contributed by atoms with E-state index in [0.717, 1.165) is 23.7 Å². The number of rotatable bonds is 6. The van der Waals surface area contributed by atoms with Crippen LogP contribution < -0.4 is 0 Å². The Morgan fingerprint density at radius 3 is 1.50 bits per heavy atom. The molecule has 4 fully saturated rings. The van der Waals surface area contributed by atoms with E-state index in [1.54, 1.807) is 27.2 Å². The Kier molecular flexibility index (Phi) is 9.42. The van der Waals surface area contributed by atoms with Gasteiger partial charge in [0, 0.05) is 10.1 Å². The van der Waals surface area contributed by atoms with E-state index in [9.17, 15) is 0 Å². The monoisotopic (exact) mass is 530 g/mol. The van der Waals surface area contributed by atoms with Crippen molar-refractivity contribution in [3.05, 3.63) is 52.1 Å². The lowest BCUT2D eigenvalue weighted by atomic mass is 9.76. The zero-order valence-corrected chi connectivity index (χ0v) is 25.3. The van der Waals surface area contributed by atoms with Crippen LogP contribution in [0.3, 0.4) is 0 Å². The molecule has 0 heterocycles. The minimum atomic E-state index is 0.634. The summed E-state index contributed by atoms with van der Waals surface area (Å²) < 4.78 is 0. The first-order valence-corrected chi connectivity index (χ1v) is 17.9. The topological polar surface area (TPSA) is 0 Å². The molecule has 0 saturated heterocycles. The third-order valence-corrected chi connectivity index (χ3v) is 12.3. The van der Waals surface area contributed by atoms with Crippen LogP contribution in [0.4, 0.5) is 0 Å². The molecule has 0 radical (unpaired) electrons. The molecule has 4 saturated carbocycles. The summed E-state index contributed by atoms with van der Waals surface area (Å²) in [6.45, 7) is 2.49. The molecular weight excluding hydrogens is 476 g/mol. The number of allylic oxidation sites excluding steroid dienone is 3. The molecule has 0 spiro atoms. The molecule has 6 rings (SSSR count). The van der Waals surface area contributed by atoms with Gasteiger partial charge in [-0.25, -0.2) is 0 Å². The van der Waals surface area contributed by atoms with E-state index in [1.165, 1.54) is 135 Å². The van der Waals surface area contributed by atoms with Crippen LogP contribution in [0, 0.1) is 18.8 Å². The van der Waals surface area contributed by atoms with E-state index in [1.807, 2.05) is 5.57 Å². The normalized spacial score (nSPS) is 27.2. The molecule has 1 unspecified atom stereocenters. The molecule has 5 aliphatic rings. The Morgan fingerprint density at radius 1 is 0.553 bits per heavy atom. The van der Waals surface area contributed by atoms with Crippen LogP contribution in [0.15, 0.2) is 40.3 Å². The van der Waals surface area contributed by atoms with Gasteiger partial charge in [-0.05, 0) is 123 Å². The van der Waals surface area contributed by atoms with Crippen molar-refractivity contribution in [2.45, 2.75) is 164 Å². The van der Waals surface area contributed by atoms with Crippen LogP contribution in [-0.4, -0.2) is 5.25 Å². The van der Waals surface area contributed by atoms with Crippen LogP contribution >= 0.6 is 11.8 Å². The van der Waals surface area contributed by atoms with Gasteiger partial charge in [-0.15, -0.1) is 11.8 Å². The van der Waals surface area contributed by atoms with E-state index in [4.69, 9.17) is 0 Å². The van der Waals surface area contributed by atoms with E-state index in [-0.39, 0.29) is 0 Å². The largest absolute Gasteiger partial charge is 0.118 e. The summed E-state index contributed by atoms with van der Waals surface area (Å²) in [6.07, 6.45) is 35.6. The molecule has 1 atom stereocenters. The maximum Gasteiger partial charge on any atom is 0.0317 e. The Morgan fingerprint density at radius 2 is 1.00 bits per heavy atom. The van der Waals surface area contributed by atoms with Gasteiger partial charge in [0.05, 0.1) is 0 Å². The van der Waals surface area contributed by atoms with Gasteiger partial charge in [-0.1, -0.05) is 94.8 Å². The fourth-order valence-corrected chi connectivity index (χ4v) is 10.2. The standard InChI is InChI=1S/C37H54S/c1-27-36(30-18-10-4-11-19-30)25-35(26-37(27)31-20-12-5-13-21-31)38-34-23-32(28-14-6-2-7-15-28)22-33(24-34)29-16-8-3-9-17-29/h22-23,25-26,28-31,34H,2-21,24H2,1H3. The summed E-state index contributed by atoms with van der Waals surface area (Å²) in [5.74, 6) is 3.32. The molecule has 1 aromatic rings. The maximum atomic E-state index is 2.76. The van der Waals surface area contributed by atoms with Crippen molar-refractivity contribution in [1.82, 2.24) is 0 Å². The molecule has 208 valence electrons. The van der Waals surface area contributed by atoms with Crippen LogP contribution in [-0.2, 0) is 0 Å². The minimum Gasteiger partial charge on any atom is -0.118 e. The summed E-state index contributed by atoms with van der Waals surface area (Å²) in [4.78, 5) is 1.60. The second kappa shape index (κ2) is 13.1. The third-order valence-electron chi connectivity index (χ3n) is 11.2. The summed E-state index contributed by atoms with van der Waals surface area (Å²) in [5, 5.41) is 0.634. The summed E-state index contributed by atoms with van der Waals surface area (Å²) >= 11 is 2.25. The number of hydrogen-bond acceptors (Lipinski definition) is 1. The van der Waals surface area contributed by atoms with Gasteiger partial charge in [0.2, 0.25) is 0 Å². The molecule has 5 aliphatic carbocycles. The van der Waals surface area contributed by atoms with E-state index < -0.39 is 0 Å². The van der Waals surface area contributed by atoms with Crippen LogP contribution in [0.1, 0.15) is 163 Å². The number of benzene rings is 1. The lowest BCUT2D eigenvalue weighted by Gasteiger charge is -2.33. The van der Waals surface area contributed by atoms with Crippen LogP contribution in [0.5, 0.6) is 0 Å². The predicted molar refractivity (Wildman–Crippen MR) is 166 cm³/mol. The van der Waals surface area contributed by atoms with Crippen LogP contribution in [0.2, 0.25) is 0 Å². The van der Waals surface area contributed by atoms with Gasteiger partial charge >= 0.3 is 0 Å². The molecule has 38 heavy (non-hydrogen) atoms. The molecular formula is C37H54S. The second-order valence-corrected chi connectivity index (χ2v) is 15.1. The molecule has 0 amide bonds. The summed E-state index contributed by atoms with van der Waals surface area (Å²) in [7, 11) is 0. The van der Waals surface area contributed by atoms with Crippen molar-refractivity contribution < 1.29 is 0 Å². The SMILES string of the molecule is Cc1c(C2CCCCC2)cc(SC2C=C(C3CCCCC3)C=C(C3CCCCC3)C2)cc1C1CCCCC1. The predicted octanol–water partition coefficient (Wildman–Crippen LogP) is 12.0. The Bertz CT molecular complexity index is 935. The van der Waals surface area contributed by atoms with Crippen molar-refractivity contribution in [2.75, 3.05) is 0 Å². The Balaban J connectivity index is 1.30. The Labute approximate surface area is 238 Å². The zero-order valence-electron chi connectivity index (χ0n) is 24.5. The molecule has 0 aromatic heterocycles. The van der Waals surface area contributed by atoms with Gasteiger partial charge in [0.1, 0.15) is 0 Å². The highest BCUT2D eigenvalue weighted by Crippen LogP contribution is 2.46. The summed E-state index contributed by atoms with van der Waals surface area (Å²) in [6, 6.07) is 5.38. The van der Waals surface area contributed by atoms with Gasteiger partial charge in [-0.2, -0.15) is 0 Å². The smallest absolute Gasteiger partial charge is 0.0317 e. The molecule has 1 heteroatoms. The Hall–Kier alpha value is -0.950. The van der Waals surface area contributed by atoms with Crippen molar-refractivity contribution in [1.29, 1.82) is 0 Å². The first kappa shape index (κ1) is 27.2. The number of hydrogen-bond donors (Lipinski definition) is 0. The maximum absolute atomic E-state index is 2.76. The quantitative estimate of drug-likeness (QED) is 0.352. The van der Waals surface area contributed by atoms with Crippen molar-refractivity contribution >= 4 is 11.8 Å². The van der Waals surface area contributed by atoms with Gasteiger partial charge in [-0.3, -0.25) is 0 Å². The van der Waals surface area contributed by atoms with E-state index in [2.05, 4.69) is 43.0 Å². The molecule has 0 nitrogen and oxygen atoms in total. The lowest BCUT2D eigenvalue weighted by molar-refractivity contribution is 0.387. The van der Waals surface area contributed by atoms with Gasteiger partial charge < -0.3 is 0 Å². The average Bonchev–Trinajstić information content (AvgIpc) is 2.99. The van der Waals surface area contributed by atoms with Crippen molar-refractivity contribution in [3.63, 3.8) is 0 Å².